The highest BCUT2D eigenvalue weighted by Crippen LogP contribution is 2.28. The summed E-state index contributed by atoms with van der Waals surface area (Å²) >= 11 is 1.45. The van der Waals surface area contributed by atoms with Crippen molar-refractivity contribution in [3.05, 3.63) is 46.7 Å². The van der Waals surface area contributed by atoms with Gasteiger partial charge in [0.05, 0.1) is 0 Å². The first-order valence-electron chi connectivity index (χ1n) is 7.85. The van der Waals surface area contributed by atoms with E-state index in [-0.39, 0.29) is 36.1 Å². The zero-order chi connectivity index (χ0) is 16.2. The van der Waals surface area contributed by atoms with Gasteiger partial charge in [0.15, 0.2) is 5.13 Å². The van der Waals surface area contributed by atoms with E-state index >= 15 is 0 Å². The summed E-state index contributed by atoms with van der Waals surface area (Å²) in [5.41, 5.74) is 7.02. The molecule has 1 fully saturated rings. The molecule has 1 aromatic carbocycles. The summed E-state index contributed by atoms with van der Waals surface area (Å²) in [6.45, 7) is 0. The van der Waals surface area contributed by atoms with Gasteiger partial charge >= 0.3 is 0 Å². The Bertz CT molecular complexity index is 677. The van der Waals surface area contributed by atoms with Crippen LogP contribution in [0.4, 0.5) is 9.52 Å². The number of hydrogen-bond acceptors (Lipinski definition) is 4. The van der Waals surface area contributed by atoms with E-state index < -0.39 is 0 Å². The van der Waals surface area contributed by atoms with Crippen LogP contribution < -0.4 is 11.1 Å². The van der Waals surface area contributed by atoms with Gasteiger partial charge in [-0.2, -0.15) is 0 Å². The van der Waals surface area contributed by atoms with Crippen LogP contribution in [0.15, 0.2) is 30.5 Å². The van der Waals surface area contributed by atoms with E-state index in [1.165, 1.54) is 23.5 Å². The summed E-state index contributed by atoms with van der Waals surface area (Å²) in [4.78, 5) is 17.4. The first-order valence-corrected chi connectivity index (χ1v) is 8.66. The number of nitrogens with two attached hydrogens (primary N) is 1. The molecule has 2 aromatic rings. The minimum atomic E-state index is -0.240. The second-order valence-corrected chi connectivity index (χ2v) is 7.16. The molecule has 1 aliphatic carbocycles. The lowest BCUT2D eigenvalue weighted by atomic mass is 10.00. The van der Waals surface area contributed by atoms with Crippen LogP contribution in [-0.2, 0) is 11.2 Å². The Morgan fingerprint density at radius 3 is 2.75 bits per heavy atom. The number of carbonyl (C=O) groups excluding carboxylic acids is 1. The number of thiazole rings is 1. The van der Waals surface area contributed by atoms with Crippen LogP contribution in [0.3, 0.4) is 0 Å². The van der Waals surface area contributed by atoms with Crippen molar-refractivity contribution in [3.63, 3.8) is 0 Å². The minimum absolute atomic E-state index is 0. The lowest BCUT2D eigenvalue weighted by Gasteiger charge is -2.13. The molecular weight excluding hydrogens is 349 g/mol. The summed E-state index contributed by atoms with van der Waals surface area (Å²) < 4.78 is 12.9. The lowest BCUT2D eigenvalue weighted by Crippen LogP contribution is -2.28. The summed E-state index contributed by atoms with van der Waals surface area (Å²) in [5.74, 6) is 0.0276. The maximum atomic E-state index is 12.9. The molecule has 1 heterocycles. The standard InChI is InChI=1S/C17H20FN3OS.ClH/c18-13-6-4-11(5-7-13)8-14-10-20-17(23-14)21-16(22)9-12-2-1-3-15(12)19;/h4-7,10,12,15H,1-3,8-9,19H2,(H,20,21,22);1H/t12-,15+;/m0./s1. The van der Waals surface area contributed by atoms with Crippen molar-refractivity contribution in [2.75, 3.05) is 5.32 Å². The Hall–Kier alpha value is -1.50. The zero-order valence-electron chi connectivity index (χ0n) is 13.2. The molecule has 2 atom stereocenters. The van der Waals surface area contributed by atoms with E-state index in [4.69, 9.17) is 5.73 Å². The largest absolute Gasteiger partial charge is 0.327 e. The smallest absolute Gasteiger partial charge is 0.226 e. The predicted molar refractivity (Wildman–Crippen MR) is 97.1 cm³/mol. The first kappa shape index (κ1) is 18.8. The van der Waals surface area contributed by atoms with Gasteiger partial charge in [-0.25, -0.2) is 9.37 Å². The SMILES string of the molecule is Cl.N[C@@H]1CCC[C@H]1CC(=O)Nc1ncc(Cc2ccc(F)cc2)s1. The van der Waals surface area contributed by atoms with Crippen molar-refractivity contribution in [1.82, 2.24) is 4.98 Å². The number of amides is 1. The van der Waals surface area contributed by atoms with E-state index in [0.29, 0.717) is 18.0 Å². The zero-order valence-corrected chi connectivity index (χ0v) is 14.8. The maximum Gasteiger partial charge on any atom is 0.226 e. The third kappa shape index (κ3) is 5.00. The van der Waals surface area contributed by atoms with E-state index in [9.17, 15) is 9.18 Å². The van der Waals surface area contributed by atoms with Gasteiger partial charge in [-0.1, -0.05) is 18.6 Å². The van der Waals surface area contributed by atoms with Crippen molar-refractivity contribution in [3.8, 4) is 0 Å². The monoisotopic (exact) mass is 369 g/mol. The molecule has 4 nitrogen and oxygen atoms in total. The molecule has 0 unspecified atom stereocenters. The van der Waals surface area contributed by atoms with Gasteiger partial charge in [0.2, 0.25) is 5.91 Å². The molecule has 0 saturated heterocycles. The Labute approximate surface area is 151 Å². The molecule has 0 aliphatic heterocycles. The van der Waals surface area contributed by atoms with Crippen LogP contribution in [0.1, 0.15) is 36.1 Å². The predicted octanol–water partition coefficient (Wildman–Crippen LogP) is 3.75. The highest BCUT2D eigenvalue weighted by atomic mass is 35.5. The topological polar surface area (TPSA) is 68.0 Å². The molecule has 0 radical (unpaired) electrons. The fourth-order valence-electron chi connectivity index (χ4n) is 2.98. The van der Waals surface area contributed by atoms with Gasteiger partial charge in [-0.3, -0.25) is 4.79 Å². The third-order valence-electron chi connectivity index (χ3n) is 4.26. The number of nitrogens with one attached hydrogen (secondary N) is 1. The van der Waals surface area contributed by atoms with E-state index in [2.05, 4.69) is 10.3 Å². The van der Waals surface area contributed by atoms with Crippen LogP contribution in [0, 0.1) is 11.7 Å². The number of benzene rings is 1. The van der Waals surface area contributed by atoms with Crippen molar-refractivity contribution in [2.24, 2.45) is 11.7 Å². The van der Waals surface area contributed by atoms with Crippen molar-refractivity contribution < 1.29 is 9.18 Å². The summed E-state index contributed by atoms with van der Waals surface area (Å²) in [7, 11) is 0. The van der Waals surface area contributed by atoms with Crippen LogP contribution in [0.5, 0.6) is 0 Å². The van der Waals surface area contributed by atoms with Gasteiger partial charge in [0, 0.05) is 30.0 Å². The summed E-state index contributed by atoms with van der Waals surface area (Å²) in [6.07, 6.45) is 6.05. The Morgan fingerprint density at radius 2 is 2.08 bits per heavy atom. The summed E-state index contributed by atoms with van der Waals surface area (Å²) in [6, 6.07) is 6.56. The van der Waals surface area contributed by atoms with Crippen LogP contribution in [-0.4, -0.2) is 16.9 Å². The molecule has 1 saturated carbocycles. The lowest BCUT2D eigenvalue weighted by molar-refractivity contribution is -0.117. The highest BCUT2D eigenvalue weighted by Gasteiger charge is 2.26. The Morgan fingerprint density at radius 1 is 1.33 bits per heavy atom. The van der Waals surface area contributed by atoms with Crippen molar-refractivity contribution in [2.45, 2.75) is 38.1 Å². The molecule has 130 valence electrons. The number of hydrogen-bond donors (Lipinski definition) is 2. The average molecular weight is 370 g/mol. The Kier molecular flexibility index (Phi) is 6.71. The average Bonchev–Trinajstić information content (AvgIpc) is 3.11. The van der Waals surface area contributed by atoms with Crippen LogP contribution in [0.2, 0.25) is 0 Å². The molecule has 24 heavy (non-hydrogen) atoms. The minimum Gasteiger partial charge on any atom is -0.327 e. The molecular formula is C17H21ClFN3OS. The number of carbonyl (C=O) groups is 1. The van der Waals surface area contributed by atoms with Gasteiger partial charge in [0.1, 0.15) is 5.82 Å². The number of halogens is 2. The Balaban J connectivity index is 0.00000208. The molecule has 0 bridgehead atoms. The third-order valence-corrected chi connectivity index (χ3v) is 5.17. The van der Waals surface area contributed by atoms with Gasteiger partial charge in [-0.05, 0) is 36.5 Å². The number of aromatic nitrogens is 1. The van der Waals surface area contributed by atoms with Crippen molar-refractivity contribution in [1.29, 1.82) is 0 Å². The summed E-state index contributed by atoms with van der Waals surface area (Å²) in [5, 5.41) is 3.47. The second-order valence-electron chi connectivity index (χ2n) is 6.04. The van der Waals surface area contributed by atoms with Gasteiger partial charge in [0.25, 0.3) is 0 Å². The molecule has 7 heteroatoms. The van der Waals surface area contributed by atoms with E-state index in [0.717, 1.165) is 29.7 Å². The van der Waals surface area contributed by atoms with Gasteiger partial charge in [-0.15, -0.1) is 23.7 Å². The van der Waals surface area contributed by atoms with Crippen molar-refractivity contribution >= 4 is 34.8 Å². The van der Waals surface area contributed by atoms with Crippen LogP contribution >= 0.6 is 23.7 Å². The van der Waals surface area contributed by atoms with Crippen LogP contribution in [0.25, 0.3) is 0 Å². The number of nitrogens with zero attached hydrogens (tertiary/aromatic N) is 1. The fourth-order valence-corrected chi connectivity index (χ4v) is 3.84. The fraction of sp³-hybridized carbons (Fsp3) is 0.412. The van der Waals surface area contributed by atoms with E-state index in [1.807, 2.05) is 0 Å². The molecule has 1 aliphatic rings. The molecule has 3 N–H and O–H groups in total. The number of anilines is 1. The second kappa shape index (κ2) is 8.55. The molecule has 1 aromatic heterocycles. The molecule has 3 rings (SSSR count). The maximum absolute atomic E-state index is 12.9. The quantitative estimate of drug-likeness (QED) is 0.843. The molecule has 0 spiro atoms. The first-order chi connectivity index (χ1) is 11.1. The molecule has 1 amide bonds. The normalized spacial score (nSPS) is 19.8. The highest BCUT2D eigenvalue weighted by molar-refractivity contribution is 7.15. The number of rotatable bonds is 5. The van der Waals surface area contributed by atoms with E-state index in [1.54, 1.807) is 18.3 Å². The van der Waals surface area contributed by atoms with Gasteiger partial charge < -0.3 is 11.1 Å².